The molecule has 1 aliphatic heterocycles. The monoisotopic (exact) mass is 362 g/mol. The fraction of sp³-hybridized carbons (Fsp3) is 0.400. The highest BCUT2D eigenvalue weighted by molar-refractivity contribution is 6.30. The Labute approximate surface area is 154 Å². The number of benzene rings is 2. The molecule has 0 radical (unpaired) electrons. The minimum atomic E-state index is 0.379. The first kappa shape index (κ1) is 18.1. The summed E-state index contributed by atoms with van der Waals surface area (Å²) in [5.41, 5.74) is 2.20. The van der Waals surface area contributed by atoms with Crippen molar-refractivity contribution in [3.05, 3.63) is 58.6 Å². The molecule has 2 aromatic carbocycles. The molecule has 4 nitrogen and oxygen atoms in total. The fourth-order valence-electron chi connectivity index (χ4n) is 3.04. The van der Waals surface area contributed by atoms with Crippen molar-refractivity contribution in [2.75, 3.05) is 20.3 Å². The molecule has 3 rings (SSSR count). The Kier molecular flexibility index (Phi) is 6.56. The van der Waals surface area contributed by atoms with Crippen LogP contribution in [0.2, 0.25) is 5.02 Å². The summed E-state index contributed by atoms with van der Waals surface area (Å²) < 4.78 is 17.3. The molecule has 0 spiro atoms. The zero-order valence-electron chi connectivity index (χ0n) is 14.5. The molecule has 0 amide bonds. The molecule has 0 bridgehead atoms. The normalized spacial score (nSPS) is 16.8. The quantitative estimate of drug-likeness (QED) is 0.784. The minimum Gasteiger partial charge on any atom is -0.493 e. The van der Waals surface area contributed by atoms with Crippen LogP contribution in [0.25, 0.3) is 0 Å². The van der Waals surface area contributed by atoms with Crippen molar-refractivity contribution in [1.29, 1.82) is 0 Å². The van der Waals surface area contributed by atoms with Gasteiger partial charge in [0.1, 0.15) is 25.8 Å². The number of quaternary nitrogens is 1. The van der Waals surface area contributed by atoms with Crippen LogP contribution in [0.5, 0.6) is 11.5 Å². The van der Waals surface area contributed by atoms with Crippen molar-refractivity contribution >= 4 is 11.6 Å². The SMILES string of the molecule is COc1cccc(C[NH2+]C[C@H]2CCCO2)c1OCc1ccc(Cl)cc1. The van der Waals surface area contributed by atoms with Crippen molar-refractivity contribution in [2.24, 2.45) is 0 Å². The van der Waals surface area contributed by atoms with Crippen molar-refractivity contribution in [1.82, 2.24) is 0 Å². The van der Waals surface area contributed by atoms with E-state index in [0.29, 0.717) is 12.7 Å². The van der Waals surface area contributed by atoms with Gasteiger partial charge >= 0.3 is 0 Å². The summed E-state index contributed by atoms with van der Waals surface area (Å²) in [6, 6.07) is 13.7. The summed E-state index contributed by atoms with van der Waals surface area (Å²) in [5.74, 6) is 1.57. The molecule has 5 heteroatoms. The van der Waals surface area contributed by atoms with E-state index in [4.69, 9.17) is 25.8 Å². The molecule has 2 N–H and O–H groups in total. The molecule has 1 heterocycles. The third-order valence-corrected chi connectivity index (χ3v) is 4.65. The van der Waals surface area contributed by atoms with Crippen molar-refractivity contribution in [3.8, 4) is 11.5 Å². The van der Waals surface area contributed by atoms with Gasteiger partial charge in [-0.15, -0.1) is 0 Å². The lowest BCUT2D eigenvalue weighted by Crippen LogP contribution is -2.84. The largest absolute Gasteiger partial charge is 0.493 e. The second-order valence-corrected chi connectivity index (χ2v) is 6.66. The molecule has 0 unspecified atom stereocenters. The summed E-state index contributed by atoms with van der Waals surface area (Å²) in [4.78, 5) is 0. The van der Waals surface area contributed by atoms with E-state index in [1.807, 2.05) is 36.4 Å². The van der Waals surface area contributed by atoms with E-state index in [1.165, 1.54) is 6.42 Å². The van der Waals surface area contributed by atoms with Crippen LogP contribution < -0.4 is 14.8 Å². The summed E-state index contributed by atoms with van der Waals surface area (Å²) in [5, 5.41) is 3.00. The first-order chi connectivity index (χ1) is 12.3. The topological polar surface area (TPSA) is 44.3 Å². The molecule has 1 aliphatic rings. The van der Waals surface area contributed by atoms with Gasteiger partial charge in [-0.3, -0.25) is 0 Å². The van der Waals surface area contributed by atoms with Crippen LogP contribution in [-0.4, -0.2) is 26.4 Å². The number of hydrogen-bond donors (Lipinski definition) is 1. The van der Waals surface area contributed by atoms with Crippen LogP contribution in [0, 0.1) is 0 Å². The number of ether oxygens (including phenoxy) is 3. The molecule has 25 heavy (non-hydrogen) atoms. The first-order valence-corrected chi connectivity index (χ1v) is 9.10. The van der Waals surface area contributed by atoms with Crippen LogP contribution >= 0.6 is 11.6 Å². The lowest BCUT2D eigenvalue weighted by molar-refractivity contribution is -0.676. The maximum absolute atomic E-state index is 6.09. The van der Waals surface area contributed by atoms with Crippen molar-refractivity contribution < 1.29 is 19.5 Å². The highest BCUT2D eigenvalue weighted by Crippen LogP contribution is 2.31. The number of nitrogens with two attached hydrogens (primary N) is 1. The van der Waals surface area contributed by atoms with E-state index >= 15 is 0 Å². The Morgan fingerprint density at radius 2 is 2.04 bits per heavy atom. The summed E-state index contributed by atoms with van der Waals surface area (Å²) >= 11 is 5.94. The second kappa shape index (κ2) is 9.09. The van der Waals surface area contributed by atoms with E-state index in [-0.39, 0.29) is 0 Å². The zero-order chi connectivity index (χ0) is 17.5. The second-order valence-electron chi connectivity index (χ2n) is 6.23. The molecule has 1 saturated heterocycles. The number of rotatable bonds is 8. The third kappa shape index (κ3) is 5.11. The number of halogens is 1. The van der Waals surface area contributed by atoms with Gasteiger partial charge in [-0.25, -0.2) is 0 Å². The van der Waals surface area contributed by atoms with Gasteiger partial charge in [-0.05, 0) is 42.7 Å². The summed E-state index contributed by atoms with van der Waals surface area (Å²) in [6.07, 6.45) is 2.71. The molecule has 0 aliphatic carbocycles. The number of methoxy groups -OCH3 is 1. The van der Waals surface area contributed by atoms with Gasteiger partial charge in [0.2, 0.25) is 0 Å². The fourth-order valence-corrected chi connectivity index (χ4v) is 3.16. The van der Waals surface area contributed by atoms with E-state index in [0.717, 1.165) is 53.8 Å². The smallest absolute Gasteiger partial charge is 0.170 e. The Hall–Kier alpha value is -1.75. The molecule has 0 saturated carbocycles. The van der Waals surface area contributed by atoms with Gasteiger partial charge in [0.25, 0.3) is 0 Å². The van der Waals surface area contributed by atoms with Crippen LogP contribution in [0.15, 0.2) is 42.5 Å². The molecule has 1 atom stereocenters. The number of hydrogen-bond acceptors (Lipinski definition) is 3. The Bertz CT molecular complexity index is 669. The zero-order valence-corrected chi connectivity index (χ0v) is 15.3. The first-order valence-electron chi connectivity index (χ1n) is 8.72. The van der Waals surface area contributed by atoms with Crippen LogP contribution in [0.1, 0.15) is 24.0 Å². The summed E-state index contributed by atoms with van der Waals surface area (Å²) in [7, 11) is 1.67. The van der Waals surface area contributed by atoms with E-state index < -0.39 is 0 Å². The Morgan fingerprint density at radius 1 is 1.20 bits per heavy atom. The standard InChI is InChI=1S/C20H24ClNO3/c1-23-19-6-2-4-16(12-22-13-18-5-3-11-24-18)20(19)25-14-15-7-9-17(21)10-8-15/h2,4,6-10,18,22H,3,5,11-14H2,1H3/p+1/t18-/m1/s1. The van der Waals surface area contributed by atoms with Gasteiger partial charge in [0, 0.05) is 11.6 Å². The minimum absolute atomic E-state index is 0.379. The average molecular weight is 363 g/mol. The average Bonchev–Trinajstić information content (AvgIpc) is 3.15. The molecular weight excluding hydrogens is 338 g/mol. The maximum Gasteiger partial charge on any atom is 0.170 e. The maximum atomic E-state index is 6.09. The van der Waals surface area contributed by atoms with Crippen LogP contribution in [0.4, 0.5) is 0 Å². The lowest BCUT2D eigenvalue weighted by Gasteiger charge is -2.15. The van der Waals surface area contributed by atoms with E-state index in [2.05, 4.69) is 11.4 Å². The third-order valence-electron chi connectivity index (χ3n) is 4.39. The van der Waals surface area contributed by atoms with Crippen LogP contribution in [-0.2, 0) is 17.9 Å². The van der Waals surface area contributed by atoms with Crippen molar-refractivity contribution in [3.63, 3.8) is 0 Å². The highest BCUT2D eigenvalue weighted by Gasteiger charge is 2.18. The molecular formula is C20H25ClNO3+. The van der Waals surface area contributed by atoms with Crippen LogP contribution in [0.3, 0.4) is 0 Å². The van der Waals surface area contributed by atoms with E-state index in [9.17, 15) is 0 Å². The molecule has 134 valence electrons. The number of para-hydroxylation sites is 1. The van der Waals surface area contributed by atoms with E-state index in [1.54, 1.807) is 7.11 Å². The molecule has 1 fully saturated rings. The molecule has 0 aromatic heterocycles. The molecule has 2 aromatic rings. The Balaban J connectivity index is 1.64. The summed E-state index contributed by atoms with van der Waals surface area (Å²) in [6.45, 7) is 3.20. The predicted molar refractivity (Wildman–Crippen MR) is 98.2 cm³/mol. The highest BCUT2D eigenvalue weighted by atomic mass is 35.5. The van der Waals surface area contributed by atoms with Gasteiger partial charge in [-0.2, -0.15) is 0 Å². The van der Waals surface area contributed by atoms with Gasteiger partial charge in [0.15, 0.2) is 11.5 Å². The predicted octanol–water partition coefficient (Wildman–Crippen LogP) is 3.17. The van der Waals surface area contributed by atoms with Gasteiger partial charge < -0.3 is 19.5 Å². The van der Waals surface area contributed by atoms with Crippen molar-refractivity contribution in [2.45, 2.75) is 32.1 Å². The lowest BCUT2D eigenvalue weighted by atomic mass is 10.1. The van der Waals surface area contributed by atoms with Gasteiger partial charge in [-0.1, -0.05) is 29.8 Å². The van der Waals surface area contributed by atoms with Gasteiger partial charge in [0.05, 0.1) is 12.7 Å². The Morgan fingerprint density at radius 3 is 2.76 bits per heavy atom.